The van der Waals surface area contributed by atoms with Crippen LogP contribution < -0.4 is 0 Å². The first-order valence-electron chi connectivity index (χ1n) is 9.36. The number of rotatable bonds is 11. The molecule has 0 bridgehead atoms. The highest BCUT2D eigenvalue weighted by atomic mass is 31.2. The Kier molecular flexibility index (Phi) is 8.92. The van der Waals surface area contributed by atoms with E-state index in [-0.39, 0.29) is 32.8 Å². The topological polar surface area (TPSA) is 113 Å². The smallest absolute Gasteiger partial charge is 0.394 e. The molecule has 2 N–H and O–H groups in total. The summed E-state index contributed by atoms with van der Waals surface area (Å²) in [6, 6.07) is 0. The molecule has 0 aromatic carbocycles. The summed E-state index contributed by atoms with van der Waals surface area (Å²) in [5.74, 6) is 0. The van der Waals surface area contributed by atoms with Crippen LogP contribution in [0, 0.1) is 0 Å². The number of phosphoric acid groups is 1. The molecule has 0 spiro atoms. The summed E-state index contributed by atoms with van der Waals surface area (Å²) in [4.78, 5) is 0. The van der Waals surface area contributed by atoms with Gasteiger partial charge in [-0.15, -0.1) is 0 Å². The predicted octanol–water partition coefficient (Wildman–Crippen LogP) is 1.20. The van der Waals surface area contributed by atoms with Gasteiger partial charge in [0.2, 0.25) is 0 Å². The van der Waals surface area contributed by atoms with Crippen LogP contribution in [0.4, 0.5) is 0 Å². The third-order valence-corrected chi connectivity index (χ3v) is 5.56. The van der Waals surface area contributed by atoms with Crippen molar-refractivity contribution >= 4 is 7.82 Å². The van der Waals surface area contributed by atoms with Gasteiger partial charge < -0.3 is 24.4 Å². The third-order valence-electron chi connectivity index (χ3n) is 4.14. The monoisotopic (exact) mass is 410 g/mol. The number of hydrogen-bond acceptors (Lipinski definition) is 9. The first kappa shape index (κ1) is 21.1. The Morgan fingerprint density at radius 2 is 2.15 bits per heavy atom. The summed E-state index contributed by atoms with van der Waals surface area (Å²) < 4.78 is 52.4. The maximum atomic E-state index is 12.8. The zero-order chi connectivity index (χ0) is 20.6. The Hall–Kier alpha value is -0.610. The van der Waals surface area contributed by atoms with E-state index in [0.29, 0.717) is 0 Å². The van der Waals surface area contributed by atoms with Crippen LogP contribution in [0.2, 0.25) is 0 Å². The summed E-state index contributed by atoms with van der Waals surface area (Å²) in [5.41, 5.74) is 0. The Bertz CT molecular complexity index is 573. The standard InChI is InChI=1S/C17H29O9P/c1-3-4-5-6-8-22-16-11-24-14(10-18)17(16)26-27(20,21-2)25-12-15-13(19)7-9-23-15/h3-6,13-19H,7-12H2,1-2H3/b4-3+,6-5+/t13-,14-,15-,16?,17+,27?/m1/s1/i9T/t9-,13+,14+,15+,16?,17-,27?/m0. The van der Waals surface area contributed by atoms with Crippen LogP contribution in [0.1, 0.15) is 14.7 Å². The second-order valence-corrected chi connectivity index (χ2v) is 7.75. The van der Waals surface area contributed by atoms with Crippen LogP contribution in [-0.4, -0.2) is 80.9 Å². The molecule has 0 aliphatic carbocycles. The first-order chi connectivity index (χ1) is 13.4. The highest BCUT2D eigenvalue weighted by molar-refractivity contribution is 7.48. The van der Waals surface area contributed by atoms with Crippen LogP contribution in [0.25, 0.3) is 0 Å². The Morgan fingerprint density at radius 1 is 1.33 bits per heavy atom. The van der Waals surface area contributed by atoms with Crippen molar-refractivity contribution < 1.29 is 43.9 Å². The van der Waals surface area contributed by atoms with Gasteiger partial charge in [0.05, 0.1) is 33.9 Å². The molecule has 2 aliphatic rings. The van der Waals surface area contributed by atoms with E-state index in [4.69, 9.17) is 29.2 Å². The van der Waals surface area contributed by atoms with Crippen molar-refractivity contribution in [3.63, 3.8) is 0 Å². The van der Waals surface area contributed by atoms with E-state index in [2.05, 4.69) is 0 Å². The molecule has 27 heavy (non-hydrogen) atoms. The number of hydrogen-bond donors (Lipinski definition) is 2. The quantitative estimate of drug-likeness (QED) is 0.383. The minimum atomic E-state index is -4.04. The molecule has 0 amide bonds. The van der Waals surface area contributed by atoms with Crippen molar-refractivity contribution in [2.75, 3.05) is 40.1 Å². The summed E-state index contributed by atoms with van der Waals surface area (Å²) in [6.45, 7) is 0.851. The Balaban J connectivity index is 1.94. The number of phosphoric ester groups is 1. The van der Waals surface area contributed by atoms with Crippen molar-refractivity contribution in [2.24, 2.45) is 0 Å². The Labute approximate surface area is 160 Å². The molecule has 2 aliphatic heterocycles. The van der Waals surface area contributed by atoms with Gasteiger partial charge in [0.25, 0.3) is 0 Å². The number of aliphatic hydroxyl groups is 2. The van der Waals surface area contributed by atoms with Gasteiger partial charge in [-0.3, -0.25) is 13.6 Å². The minimum absolute atomic E-state index is 0.145. The molecule has 10 heteroatoms. The minimum Gasteiger partial charge on any atom is -0.394 e. The fourth-order valence-corrected chi connectivity index (χ4v) is 3.77. The van der Waals surface area contributed by atoms with Crippen molar-refractivity contribution in [2.45, 2.75) is 43.9 Å². The molecule has 0 aromatic rings. The maximum absolute atomic E-state index is 12.8. The van der Waals surface area contributed by atoms with E-state index in [1.54, 1.807) is 6.08 Å². The van der Waals surface area contributed by atoms with Crippen molar-refractivity contribution in [3.05, 3.63) is 24.3 Å². The molecule has 2 fully saturated rings. The van der Waals surface area contributed by atoms with Gasteiger partial charge >= 0.3 is 7.82 Å². The molecule has 0 aromatic heterocycles. The van der Waals surface area contributed by atoms with Crippen molar-refractivity contribution in [1.29, 1.82) is 0 Å². The van der Waals surface area contributed by atoms with E-state index >= 15 is 0 Å². The lowest BCUT2D eigenvalue weighted by molar-refractivity contribution is -0.0397. The second kappa shape index (κ2) is 11.4. The lowest BCUT2D eigenvalue weighted by Crippen LogP contribution is -2.37. The molecule has 0 radical (unpaired) electrons. The maximum Gasteiger partial charge on any atom is 0.475 e. The van der Waals surface area contributed by atoms with Gasteiger partial charge in [0.1, 0.15) is 24.4 Å². The highest BCUT2D eigenvalue weighted by Gasteiger charge is 2.44. The fourth-order valence-electron chi connectivity index (χ4n) is 2.62. The van der Waals surface area contributed by atoms with Crippen molar-refractivity contribution in [3.8, 4) is 0 Å². The highest BCUT2D eigenvalue weighted by Crippen LogP contribution is 2.51. The summed E-state index contributed by atoms with van der Waals surface area (Å²) in [6.07, 6.45) is 3.61. The number of ether oxygens (including phenoxy) is 3. The number of aliphatic hydroxyl groups excluding tert-OH is 2. The van der Waals surface area contributed by atoms with Crippen LogP contribution in [0.3, 0.4) is 0 Å². The van der Waals surface area contributed by atoms with E-state index in [1.165, 1.54) is 7.11 Å². The molecule has 2 heterocycles. The molecule has 0 saturated carbocycles. The first-order valence-corrected chi connectivity index (χ1v) is 10.2. The van der Waals surface area contributed by atoms with E-state index in [9.17, 15) is 14.8 Å². The molecule has 2 saturated heterocycles. The SMILES string of the molecule is [3H][C@H]1C[C@@H](O)[C@@H](COP(=O)(OC)O[C@@H]2C(OC/C=C/C=C/C)CO[C@@H]2CO)O1. The van der Waals surface area contributed by atoms with Crippen LogP contribution in [-0.2, 0) is 32.3 Å². The zero-order valence-corrected chi connectivity index (χ0v) is 16.4. The van der Waals surface area contributed by atoms with Crippen LogP contribution >= 0.6 is 7.82 Å². The van der Waals surface area contributed by atoms with E-state index < -0.39 is 44.9 Å². The summed E-state index contributed by atoms with van der Waals surface area (Å²) in [7, 11) is -2.87. The van der Waals surface area contributed by atoms with E-state index in [0.717, 1.165) is 0 Å². The van der Waals surface area contributed by atoms with Gasteiger partial charge in [-0.2, -0.15) is 0 Å². The molecule has 156 valence electrons. The summed E-state index contributed by atoms with van der Waals surface area (Å²) >= 11 is 0. The lowest BCUT2D eigenvalue weighted by Gasteiger charge is -2.26. The van der Waals surface area contributed by atoms with Gasteiger partial charge in [-0.05, 0) is 13.3 Å². The number of allylic oxidation sites excluding steroid dienone is 3. The van der Waals surface area contributed by atoms with Gasteiger partial charge in [-0.25, -0.2) is 4.57 Å². The zero-order valence-electron chi connectivity index (χ0n) is 16.5. The van der Waals surface area contributed by atoms with Crippen LogP contribution in [0.15, 0.2) is 24.3 Å². The molecule has 2 unspecified atom stereocenters. The van der Waals surface area contributed by atoms with Gasteiger partial charge in [0.15, 0.2) is 0 Å². The molecular weight excluding hydrogens is 379 g/mol. The fraction of sp³-hybridized carbons (Fsp3) is 0.765. The van der Waals surface area contributed by atoms with Gasteiger partial charge in [0, 0.05) is 13.7 Å². The predicted molar refractivity (Wildman–Crippen MR) is 96.3 cm³/mol. The molecule has 7 atom stereocenters. The largest absolute Gasteiger partial charge is 0.475 e. The second-order valence-electron chi connectivity index (χ2n) is 6.02. The average molecular weight is 410 g/mol. The molecule has 2 rings (SSSR count). The van der Waals surface area contributed by atoms with Crippen LogP contribution in [0.5, 0.6) is 0 Å². The average Bonchev–Trinajstić information content (AvgIpc) is 3.21. The molecule has 9 nitrogen and oxygen atoms in total. The van der Waals surface area contributed by atoms with E-state index in [1.807, 2.05) is 25.2 Å². The van der Waals surface area contributed by atoms with Crippen molar-refractivity contribution in [1.82, 2.24) is 0 Å². The molecular formula is C17H29O9P. The van der Waals surface area contributed by atoms with Gasteiger partial charge in [-0.1, -0.05) is 24.3 Å². The summed E-state index contributed by atoms with van der Waals surface area (Å²) in [5, 5.41) is 19.3. The Morgan fingerprint density at radius 3 is 2.78 bits per heavy atom. The normalized spacial score (nSPS) is 37.3. The third kappa shape index (κ3) is 6.74. The lowest BCUT2D eigenvalue weighted by atomic mass is 10.1.